The summed E-state index contributed by atoms with van der Waals surface area (Å²) in [7, 11) is 0. The minimum atomic E-state index is -0.570. The van der Waals surface area contributed by atoms with Gasteiger partial charge in [0.1, 0.15) is 12.1 Å². The van der Waals surface area contributed by atoms with Gasteiger partial charge in [0.2, 0.25) is 5.91 Å². The Morgan fingerprint density at radius 1 is 1.47 bits per heavy atom. The van der Waals surface area contributed by atoms with E-state index in [1.165, 1.54) is 12.6 Å². The molecule has 0 fully saturated rings. The standard InChI is InChI=1S/C10H11N5O3S/c16-8(5-19-10-12-6-13-15-10)14-9(17)11-4-7-2-1-3-18-7/h1-3,6H,4-5H2,(H,12,13,15)(H2,11,14,16,17). The number of aromatic nitrogens is 3. The van der Waals surface area contributed by atoms with Crippen molar-refractivity contribution in [3.63, 3.8) is 0 Å². The van der Waals surface area contributed by atoms with Crippen LogP contribution in [-0.4, -0.2) is 32.9 Å². The smallest absolute Gasteiger partial charge is 0.321 e. The van der Waals surface area contributed by atoms with Gasteiger partial charge in [-0.15, -0.1) is 0 Å². The number of thioether (sulfide) groups is 1. The number of hydrogen-bond donors (Lipinski definition) is 3. The van der Waals surface area contributed by atoms with E-state index in [1.807, 2.05) is 0 Å². The van der Waals surface area contributed by atoms with Gasteiger partial charge in [0.05, 0.1) is 18.6 Å². The Kier molecular flexibility index (Phi) is 4.56. The van der Waals surface area contributed by atoms with Crippen molar-refractivity contribution in [3.8, 4) is 0 Å². The molecule has 2 rings (SSSR count). The topological polar surface area (TPSA) is 113 Å². The van der Waals surface area contributed by atoms with Crippen LogP contribution in [0.4, 0.5) is 4.79 Å². The van der Waals surface area contributed by atoms with E-state index in [0.717, 1.165) is 11.8 Å². The van der Waals surface area contributed by atoms with Crippen LogP contribution in [0.25, 0.3) is 0 Å². The quantitative estimate of drug-likeness (QED) is 0.688. The molecular formula is C10H11N5O3S. The van der Waals surface area contributed by atoms with Gasteiger partial charge in [0.25, 0.3) is 0 Å². The third kappa shape index (κ3) is 4.47. The van der Waals surface area contributed by atoms with E-state index < -0.39 is 11.9 Å². The fourth-order valence-corrected chi connectivity index (χ4v) is 1.76. The van der Waals surface area contributed by atoms with Crippen LogP contribution in [0.3, 0.4) is 0 Å². The molecule has 0 aromatic carbocycles. The van der Waals surface area contributed by atoms with Crippen molar-refractivity contribution in [3.05, 3.63) is 30.5 Å². The normalized spacial score (nSPS) is 10.1. The first-order valence-corrected chi connectivity index (χ1v) is 6.31. The van der Waals surface area contributed by atoms with E-state index in [0.29, 0.717) is 10.9 Å². The summed E-state index contributed by atoms with van der Waals surface area (Å²) in [5.41, 5.74) is 0. The number of nitrogens with one attached hydrogen (secondary N) is 3. The summed E-state index contributed by atoms with van der Waals surface area (Å²) in [5.74, 6) is 0.264. The van der Waals surface area contributed by atoms with Crippen LogP contribution in [0, 0.1) is 0 Å². The second-order valence-corrected chi connectivity index (χ2v) is 4.35. The number of hydrogen-bond acceptors (Lipinski definition) is 6. The van der Waals surface area contributed by atoms with Gasteiger partial charge >= 0.3 is 6.03 Å². The number of carbonyl (C=O) groups is 2. The SMILES string of the molecule is O=C(CSc1ncn[nH]1)NC(=O)NCc1ccco1. The molecule has 0 saturated heterocycles. The Bertz CT molecular complexity index is 477. The van der Waals surface area contributed by atoms with Crippen LogP contribution < -0.4 is 10.6 Å². The number of imide groups is 1. The van der Waals surface area contributed by atoms with Crippen LogP contribution in [0.5, 0.6) is 0 Å². The maximum atomic E-state index is 11.4. The third-order valence-corrected chi connectivity index (χ3v) is 2.87. The van der Waals surface area contributed by atoms with Crippen LogP contribution in [0.15, 0.2) is 34.3 Å². The molecule has 9 heteroatoms. The summed E-state index contributed by atoms with van der Waals surface area (Å²) in [6.07, 6.45) is 2.85. The molecule has 2 heterocycles. The fraction of sp³-hybridized carbons (Fsp3) is 0.200. The summed E-state index contributed by atoms with van der Waals surface area (Å²) in [6, 6.07) is 2.87. The van der Waals surface area contributed by atoms with Crippen molar-refractivity contribution in [1.82, 2.24) is 25.8 Å². The average Bonchev–Trinajstić information content (AvgIpc) is 3.07. The predicted octanol–water partition coefficient (Wildman–Crippen LogP) is 0.516. The lowest BCUT2D eigenvalue weighted by Crippen LogP contribution is -2.39. The van der Waals surface area contributed by atoms with E-state index in [1.54, 1.807) is 12.1 Å². The molecule has 0 aliphatic carbocycles. The lowest BCUT2D eigenvalue weighted by atomic mass is 10.4. The highest BCUT2D eigenvalue weighted by molar-refractivity contribution is 7.99. The summed E-state index contributed by atoms with van der Waals surface area (Å²) < 4.78 is 5.03. The van der Waals surface area contributed by atoms with E-state index in [2.05, 4.69) is 25.8 Å². The Balaban J connectivity index is 1.65. The summed E-state index contributed by atoms with van der Waals surface area (Å²) in [4.78, 5) is 26.7. The van der Waals surface area contributed by atoms with Gasteiger partial charge < -0.3 is 9.73 Å². The molecule has 0 bridgehead atoms. The Labute approximate surface area is 112 Å². The number of carbonyl (C=O) groups excluding carboxylic acids is 2. The molecule has 2 aromatic rings. The third-order valence-electron chi connectivity index (χ3n) is 1.99. The van der Waals surface area contributed by atoms with Gasteiger partial charge in [-0.25, -0.2) is 9.78 Å². The highest BCUT2D eigenvalue weighted by Crippen LogP contribution is 2.09. The lowest BCUT2D eigenvalue weighted by Gasteiger charge is -2.04. The minimum Gasteiger partial charge on any atom is -0.467 e. The number of amides is 3. The average molecular weight is 281 g/mol. The van der Waals surface area contributed by atoms with Gasteiger partial charge in [-0.05, 0) is 12.1 Å². The lowest BCUT2D eigenvalue weighted by molar-refractivity contribution is -0.117. The van der Waals surface area contributed by atoms with Crippen molar-refractivity contribution in [1.29, 1.82) is 0 Å². The van der Waals surface area contributed by atoms with E-state index in [-0.39, 0.29) is 12.3 Å². The molecule has 2 aromatic heterocycles. The van der Waals surface area contributed by atoms with Crippen LogP contribution in [0.1, 0.15) is 5.76 Å². The monoisotopic (exact) mass is 281 g/mol. The minimum absolute atomic E-state index is 0.0728. The first kappa shape index (κ1) is 13.1. The molecule has 0 atom stereocenters. The maximum Gasteiger partial charge on any atom is 0.321 e. The van der Waals surface area contributed by atoms with Crippen LogP contribution in [-0.2, 0) is 11.3 Å². The summed E-state index contributed by atoms with van der Waals surface area (Å²) in [6.45, 7) is 0.224. The molecule has 100 valence electrons. The predicted molar refractivity (Wildman–Crippen MR) is 66.2 cm³/mol. The molecule has 19 heavy (non-hydrogen) atoms. The zero-order valence-electron chi connectivity index (χ0n) is 9.75. The number of furan rings is 1. The second-order valence-electron chi connectivity index (χ2n) is 3.39. The van der Waals surface area contributed by atoms with Crippen molar-refractivity contribution in [2.75, 3.05) is 5.75 Å². The Hall–Kier alpha value is -2.29. The van der Waals surface area contributed by atoms with Crippen molar-refractivity contribution in [2.45, 2.75) is 11.7 Å². The van der Waals surface area contributed by atoms with Gasteiger partial charge in [0, 0.05) is 0 Å². The molecule has 3 amide bonds. The van der Waals surface area contributed by atoms with Gasteiger partial charge in [-0.3, -0.25) is 15.2 Å². The molecular weight excluding hydrogens is 270 g/mol. The van der Waals surface area contributed by atoms with Crippen molar-refractivity contribution < 1.29 is 14.0 Å². The molecule has 0 saturated carbocycles. The second kappa shape index (κ2) is 6.59. The Morgan fingerprint density at radius 3 is 3.05 bits per heavy atom. The molecule has 0 spiro atoms. The zero-order valence-corrected chi connectivity index (χ0v) is 10.6. The highest BCUT2D eigenvalue weighted by Gasteiger charge is 2.09. The molecule has 0 unspecified atom stereocenters. The number of H-pyrrole nitrogens is 1. The Morgan fingerprint density at radius 2 is 2.37 bits per heavy atom. The van der Waals surface area contributed by atoms with Gasteiger partial charge in [-0.1, -0.05) is 11.8 Å². The van der Waals surface area contributed by atoms with Gasteiger partial charge in [-0.2, -0.15) is 5.10 Å². The van der Waals surface area contributed by atoms with E-state index in [4.69, 9.17) is 4.42 Å². The highest BCUT2D eigenvalue weighted by atomic mass is 32.2. The molecule has 0 aliphatic heterocycles. The molecule has 0 radical (unpaired) electrons. The summed E-state index contributed by atoms with van der Waals surface area (Å²) >= 11 is 1.15. The fourth-order valence-electron chi connectivity index (χ4n) is 1.19. The van der Waals surface area contributed by atoms with E-state index >= 15 is 0 Å². The molecule has 0 aliphatic rings. The molecule has 3 N–H and O–H groups in total. The first-order valence-electron chi connectivity index (χ1n) is 5.32. The maximum absolute atomic E-state index is 11.4. The number of urea groups is 1. The van der Waals surface area contributed by atoms with Crippen molar-refractivity contribution in [2.24, 2.45) is 0 Å². The molecule has 8 nitrogen and oxygen atoms in total. The number of rotatable bonds is 5. The largest absolute Gasteiger partial charge is 0.467 e. The van der Waals surface area contributed by atoms with Crippen LogP contribution in [0.2, 0.25) is 0 Å². The van der Waals surface area contributed by atoms with E-state index in [9.17, 15) is 9.59 Å². The summed E-state index contributed by atoms with van der Waals surface area (Å²) in [5, 5.41) is 11.4. The zero-order chi connectivity index (χ0) is 13.5. The first-order chi connectivity index (χ1) is 9.24. The van der Waals surface area contributed by atoms with Crippen LogP contribution >= 0.6 is 11.8 Å². The number of aromatic amines is 1. The number of nitrogens with zero attached hydrogens (tertiary/aromatic N) is 2. The van der Waals surface area contributed by atoms with Gasteiger partial charge in [0.15, 0.2) is 5.16 Å². The van der Waals surface area contributed by atoms with Crippen molar-refractivity contribution >= 4 is 23.7 Å².